The number of hydrogen-bond acceptors (Lipinski definition) is 2. The Balaban J connectivity index is 2.83. The van der Waals surface area contributed by atoms with Gasteiger partial charge in [0, 0.05) is 0 Å². The van der Waals surface area contributed by atoms with E-state index in [1.165, 1.54) is 5.56 Å². The zero-order valence-electron chi connectivity index (χ0n) is 9.76. The lowest BCUT2D eigenvalue weighted by molar-refractivity contribution is 0.160. The van der Waals surface area contributed by atoms with Crippen LogP contribution in [0.3, 0.4) is 0 Å². The molecule has 0 radical (unpaired) electrons. The lowest BCUT2D eigenvalue weighted by Gasteiger charge is -2.00. The molecule has 0 amide bonds. The van der Waals surface area contributed by atoms with E-state index in [1.54, 1.807) is 6.21 Å². The monoisotopic (exact) mass is 215 g/mol. The summed E-state index contributed by atoms with van der Waals surface area (Å²) in [6, 6.07) is 10.2. The predicted octanol–water partition coefficient (Wildman–Crippen LogP) is 3.67. The van der Waals surface area contributed by atoms with E-state index in [0.29, 0.717) is 6.61 Å². The molecule has 0 aliphatic heterocycles. The summed E-state index contributed by atoms with van der Waals surface area (Å²) >= 11 is 0. The van der Waals surface area contributed by atoms with Gasteiger partial charge in [-0.25, -0.2) is 0 Å². The first kappa shape index (κ1) is 12.2. The van der Waals surface area contributed by atoms with Crippen LogP contribution in [-0.2, 0) is 4.84 Å². The Kier molecular flexibility index (Phi) is 5.71. The molecule has 2 heteroatoms. The van der Waals surface area contributed by atoms with Crippen LogP contribution in [0.25, 0.3) is 5.57 Å². The Bertz CT molecular complexity index is 377. The molecule has 0 spiro atoms. The summed E-state index contributed by atoms with van der Waals surface area (Å²) in [6.07, 6.45) is 7.66. The molecule has 0 N–H and O–H groups in total. The number of allylic oxidation sites excluding steroid dienone is 4. The molecule has 0 saturated carbocycles. The Hall–Kier alpha value is -1.83. The van der Waals surface area contributed by atoms with Crippen molar-refractivity contribution in [1.29, 1.82) is 0 Å². The van der Waals surface area contributed by atoms with Crippen LogP contribution in [-0.4, -0.2) is 12.8 Å². The van der Waals surface area contributed by atoms with E-state index in [-0.39, 0.29) is 0 Å². The fourth-order valence-corrected chi connectivity index (χ4v) is 1.29. The predicted molar refractivity (Wildman–Crippen MR) is 69.4 cm³/mol. The molecule has 1 rings (SSSR count). The molecular weight excluding hydrogens is 198 g/mol. The molecule has 0 heterocycles. The van der Waals surface area contributed by atoms with Crippen molar-refractivity contribution in [3.8, 4) is 0 Å². The Morgan fingerprint density at radius 3 is 2.69 bits per heavy atom. The number of oxime groups is 1. The molecule has 0 fully saturated rings. The van der Waals surface area contributed by atoms with Gasteiger partial charge < -0.3 is 4.84 Å². The van der Waals surface area contributed by atoms with Crippen molar-refractivity contribution >= 4 is 11.8 Å². The second kappa shape index (κ2) is 7.46. The van der Waals surface area contributed by atoms with Crippen LogP contribution >= 0.6 is 0 Å². The molecule has 0 atom stereocenters. The van der Waals surface area contributed by atoms with Gasteiger partial charge in [-0.05, 0) is 31.1 Å². The maximum atomic E-state index is 4.90. The van der Waals surface area contributed by atoms with Crippen LogP contribution in [0.15, 0.2) is 53.7 Å². The number of benzene rings is 1. The first-order valence-electron chi connectivity index (χ1n) is 5.42. The van der Waals surface area contributed by atoms with Crippen molar-refractivity contribution in [2.24, 2.45) is 5.16 Å². The Morgan fingerprint density at radius 1 is 1.31 bits per heavy atom. The van der Waals surface area contributed by atoms with Crippen LogP contribution in [0.1, 0.15) is 19.4 Å². The van der Waals surface area contributed by atoms with E-state index >= 15 is 0 Å². The van der Waals surface area contributed by atoms with Crippen molar-refractivity contribution in [1.82, 2.24) is 0 Å². The highest BCUT2D eigenvalue weighted by Gasteiger charge is 1.94. The Morgan fingerprint density at radius 2 is 2.06 bits per heavy atom. The van der Waals surface area contributed by atoms with Crippen molar-refractivity contribution in [3.63, 3.8) is 0 Å². The molecule has 84 valence electrons. The van der Waals surface area contributed by atoms with Crippen molar-refractivity contribution in [2.75, 3.05) is 6.61 Å². The van der Waals surface area contributed by atoms with E-state index in [0.717, 1.165) is 5.57 Å². The number of hydrogen-bond donors (Lipinski definition) is 0. The van der Waals surface area contributed by atoms with Crippen LogP contribution in [0.2, 0.25) is 0 Å². The quantitative estimate of drug-likeness (QED) is 0.417. The maximum Gasteiger partial charge on any atom is 0.114 e. The van der Waals surface area contributed by atoms with Gasteiger partial charge in [0.25, 0.3) is 0 Å². The normalized spacial score (nSPS) is 12.5. The topological polar surface area (TPSA) is 21.6 Å². The zero-order valence-corrected chi connectivity index (χ0v) is 9.76. The first-order valence-corrected chi connectivity index (χ1v) is 5.42. The van der Waals surface area contributed by atoms with Crippen molar-refractivity contribution in [2.45, 2.75) is 13.8 Å². The summed E-state index contributed by atoms with van der Waals surface area (Å²) in [5.41, 5.74) is 2.29. The fraction of sp³-hybridized carbons (Fsp3) is 0.214. The maximum absolute atomic E-state index is 4.90. The lowest BCUT2D eigenvalue weighted by atomic mass is 10.1. The first-order chi connectivity index (χ1) is 7.88. The SMILES string of the molecule is C\C=C/C(=C\C=N\OCC)c1ccccc1. The van der Waals surface area contributed by atoms with Crippen molar-refractivity contribution in [3.05, 3.63) is 54.1 Å². The minimum Gasteiger partial charge on any atom is -0.396 e. The third-order valence-corrected chi connectivity index (χ3v) is 1.97. The van der Waals surface area contributed by atoms with Gasteiger partial charge in [-0.2, -0.15) is 0 Å². The molecule has 0 aliphatic carbocycles. The fourth-order valence-electron chi connectivity index (χ4n) is 1.29. The Labute approximate surface area is 96.9 Å². The largest absolute Gasteiger partial charge is 0.396 e. The summed E-state index contributed by atoms with van der Waals surface area (Å²) in [7, 11) is 0. The van der Waals surface area contributed by atoms with Crippen LogP contribution in [0.5, 0.6) is 0 Å². The van der Waals surface area contributed by atoms with Crippen LogP contribution < -0.4 is 0 Å². The van der Waals surface area contributed by atoms with Gasteiger partial charge in [-0.3, -0.25) is 0 Å². The summed E-state index contributed by atoms with van der Waals surface area (Å²) in [5.74, 6) is 0. The second-order valence-corrected chi connectivity index (χ2v) is 3.16. The summed E-state index contributed by atoms with van der Waals surface area (Å²) in [6.45, 7) is 4.50. The van der Waals surface area contributed by atoms with Crippen LogP contribution in [0.4, 0.5) is 0 Å². The average molecular weight is 215 g/mol. The van der Waals surface area contributed by atoms with Crippen LogP contribution in [0, 0.1) is 0 Å². The highest BCUT2D eigenvalue weighted by atomic mass is 16.6. The molecule has 2 nitrogen and oxygen atoms in total. The molecule has 1 aromatic rings. The molecule has 0 aromatic heterocycles. The third-order valence-electron chi connectivity index (χ3n) is 1.97. The average Bonchev–Trinajstić information content (AvgIpc) is 2.34. The molecule has 0 aliphatic rings. The smallest absolute Gasteiger partial charge is 0.114 e. The van der Waals surface area contributed by atoms with E-state index in [2.05, 4.69) is 17.3 Å². The van der Waals surface area contributed by atoms with Gasteiger partial charge in [0.1, 0.15) is 6.61 Å². The summed E-state index contributed by atoms with van der Waals surface area (Å²) in [4.78, 5) is 4.90. The summed E-state index contributed by atoms with van der Waals surface area (Å²) < 4.78 is 0. The van der Waals surface area contributed by atoms with Gasteiger partial charge in [-0.1, -0.05) is 47.6 Å². The standard InChI is InChI=1S/C14H17NO/c1-3-8-13(11-12-15-16-4-2)14-9-6-5-7-10-14/h3,5-12H,4H2,1-2H3/b8-3-,13-11+,15-12+. The highest BCUT2D eigenvalue weighted by molar-refractivity contribution is 5.88. The van der Waals surface area contributed by atoms with Crippen molar-refractivity contribution < 1.29 is 4.84 Å². The van der Waals surface area contributed by atoms with E-state index in [9.17, 15) is 0 Å². The van der Waals surface area contributed by atoms with Gasteiger partial charge in [-0.15, -0.1) is 0 Å². The lowest BCUT2D eigenvalue weighted by Crippen LogP contribution is -1.82. The molecule has 0 saturated heterocycles. The van der Waals surface area contributed by atoms with E-state index in [1.807, 2.05) is 50.3 Å². The minimum atomic E-state index is 0.592. The van der Waals surface area contributed by atoms with E-state index in [4.69, 9.17) is 4.84 Å². The second-order valence-electron chi connectivity index (χ2n) is 3.16. The summed E-state index contributed by atoms with van der Waals surface area (Å²) in [5, 5.41) is 3.80. The third kappa shape index (κ3) is 4.13. The van der Waals surface area contributed by atoms with Gasteiger partial charge in [0.2, 0.25) is 0 Å². The molecular formula is C14H17NO. The van der Waals surface area contributed by atoms with Gasteiger partial charge >= 0.3 is 0 Å². The number of rotatable bonds is 5. The number of nitrogens with zero attached hydrogens (tertiary/aromatic N) is 1. The van der Waals surface area contributed by atoms with Gasteiger partial charge in [0.15, 0.2) is 0 Å². The minimum absolute atomic E-state index is 0.592. The highest BCUT2D eigenvalue weighted by Crippen LogP contribution is 2.14. The van der Waals surface area contributed by atoms with E-state index < -0.39 is 0 Å². The van der Waals surface area contributed by atoms with Gasteiger partial charge in [0.05, 0.1) is 6.21 Å². The molecule has 1 aromatic carbocycles. The molecule has 0 bridgehead atoms. The zero-order chi connectivity index (χ0) is 11.6. The molecule has 16 heavy (non-hydrogen) atoms. The molecule has 0 unspecified atom stereocenters.